The van der Waals surface area contributed by atoms with E-state index in [1.54, 1.807) is 12.4 Å². The molecule has 4 rings (SSSR count). The van der Waals surface area contributed by atoms with Crippen molar-refractivity contribution in [2.75, 3.05) is 36.6 Å². The molecule has 1 saturated heterocycles. The molecule has 2 aromatic rings. The van der Waals surface area contributed by atoms with Gasteiger partial charge in [-0.3, -0.25) is 14.5 Å². The Labute approximate surface area is 215 Å². The van der Waals surface area contributed by atoms with Gasteiger partial charge in [-0.15, -0.1) is 11.8 Å². The number of carboxylic acids is 1. The zero-order valence-corrected chi connectivity index (χ0v) is 21.1. The summed E-state index contributed by atoms with van der Waals surface area (Å²) in [5, 5.41) is 19.1. The van der Waals surface area contributed by atoms with Gasteiger partial charge in [0, 0.05) is 24.4 Å². The standard InChI is InChI=1S/C21H25N9O6S/c1-4-29(5-2)12-9-28(7-6-23-12)8-11-10-37-19-14(18(32)30(19)15(11)20(33)34)24-17(31)13(26-35-3)16-25-21(22)36-27-16/h6-7,9,14,19H,4-5,8,10H2,1-3H3,(H3-,22,24,25,27,31,33,34)/p+1/t14?,19-/m0/s1. The van der Waals surface area contributed by atoms with Gasteiger partial charge in [0.1, 0.15) is 24.2 Å². The molecule has 0 radical (unpaired) electrons. The number of nitrogens with zero attached hydrogens (tertiary/aromatic N) is 7. The molecule has 0 spiro atoms. The number of hydrogen-bond donors (Lipinski definition) is 3. The maximum atomic E-state index is 13.0. The fourth-order valence-corrected chi connectivity index (χ4v) is 5.41. The van der Waals surface area contributed by atoms with Crippen LogP contribution < -0.4 is 20.5 Å². The van der Waals surface area contributed by atoms with E-state index in [4.69, 9.17) is 5.73 Å². The molecule has 2 aliphatic rings. The van der Waals surface area contributed by atoms with Crippen LogP contribution in [0.4, 0.5) is 11.8 Å². The van der Waals surface area contributed by atoms with Crippen molar-refractivity contribution in [2.24, 2.45) is 5.16 Å². The lowest BCUT2D eigenvalue weighted by atomic mass is 10.0. The van der Waals surface area contributed by atoms with E-state index < -0.39 is 29.2 Å². The lowest BCUT2D eigenvalue weighted by Gasteiger charge is -2.49. The van der Waals surface area contributed by atoms with Crippen molar-refractivity contribution in [3.8, 4) is 0 Å². The number of carbonyl (C=O) groups excluding carboxylic acids is 2. The van der Waals surface area contributed by atoms with Crippen LogP contribution in [0.2, 0.25) is 0 Å². The summed E-state index contributed by atoms with van der Waals surface area (Å²) in [4.78, 5) is 54.1. The number of nitrogen functional groups attached to an aromatic ring is 1. The minimum absolute atomic E-state index is 0.0929. The molecule has 2 aliphatic heterocycles. The molecule has 0 saturated carbocycles. The van der Waals surface area contributed by atoms with Crippen LogP contribution in [0.3, 0.4) is 0 Å². The largest absolute Gasteiger partial charge is 0.477 e. The maximum absolute atomic E-state index is 13.0. The second-order valence-corrected chi connectivity index (χ2v) is 9.06. The van der Waals surface area contributed by atoms with Crippen molar-refractivity contribution in [3.63, 3.8) is 0 Å². The number of rotatable bonds is 10. The Morgan fingerprint density at radius 3 is 2.81 bits per heavy atom. The molecular weight excluding hydrogens is 506 g/mol. The molecule has 2 atom stereocenters. The zero-order valence-electron chi connectivity index (χ0n) is 20.3. The summed E-state index contributed by atoms with van der Waals surface area (Å²) in [5.74, 6) is -1.69. The van der Waals surface area contributed by atoms with E-state index in [9.17, 15) is 19.5 Å². The molecule has 16 heteroatoms. The highest BCUT2D eigenvalue weighted by Gasteiger charge is 2.55. The smallest absolute Gasteiger partial charge is 0.352 e. The molecule has 0 bridgehead atoms. The Morgan fingerprint density at radius 2 is 2.19 bits per heavy atom. The number of nitrogens with two attached hydrogens (primary N) is 1. The molecule has 0 aliphatic carbocycles. The van der Waals surface area contributed by atoms with Gasteiger partial charge < -0.3 is 30.4 Å². The van der Waals surface area contributed by atoms with Gasteiger partial charge >= 0.3 is 12.0 Å². The second-order valence-electron chi connectivity index (χ2n) is 7.96. The number of fused-ring (bicyclic) bond motifs is 1. The Bertz CT molecular complexity index is 1270. The highest BCUT2D eigenvalue weighted by atomic mass is 32.2. The number of oxime groups is 1. The third-order valence-corrected chi connectivity index (χ3v) is 7.13. The molecule has 2 amide bonds. The monoisotopic (exact) mass is 532 g/mol. The first-order valence-corrected chi connectivity index (χ1v) is 12.3. The van der Waals surface area contributed by atoms with Crippen LogP contribution >= 0.6 is 11.8 Å². The van der Waals surface area contributed by atoms with Crippen molar-refractivity contribution < 1.29 is 33.4 Å². The molecule has 1 fully saturated rings. The fraction of sp³-hybridized carbons (Fsp3) is 0.429. The molecule has 15 nitrogen and oxygen atoms in total. The minimum Gasteiger partial charge on any atom is -0.477 e. The minimum atomic E-state index is -1.22. The third kappa shape index (κ3) is 5.04. The summed E-state index contributed by atoms with van der Waals surface area (Å²) in [6, 6.07) is -1.26. The van der Waals surface area contributed by atoms with Crippen LogP contribution in [0.1, 0.15) is 19.7 Å². The van der Waals surface area contributed by atoms with Gasteiger partial charge in [0.2, 0.25) is 17.7 Å². The highest BCUT2D eigenvalue weighted by molar-refractivity contribution is 8.00. The zero-order chi connectivity index (χ0) is 26.7. The molecule has 4 heterocycles. The summed E-state index contributed by atoms with van der Waals surface area (Å²) >= 11 is 1.35. The van der Waals surface area contributed by atoms with E-state index >= 15 is 0 Å². The van der Waals surface area contributed by atoms with Crippen LogP contribution in [-0.4, -0.2) is 86.0 Å². The topological polar surface area (TPSA) is 193 Å². The summed E-state index contributed by atoms with van der Waals surface area (Å²) < 4.78 is 6.51. The van der Waals surface area contributed by atoms with Crippen LogP contribution in [0, 0.1) is 0 Å². The van der Waals surface area contributed by atoms with Crippen molar-refractivity contribution in [3.05, 3.63) is 35.7 Å². The second kappa shape index (κ2) is 10.8. The van der Waals surface area contributed by atoms with Crippen LogP contribution in [-0.2, 0) is 25.8 Å². The van der Waals surface area contributed by atoms with Gasteiger partial charge in [-0.2, -0.15) is 9.55 Å². The van der Waals surface area contributed by atoms with E-state index in [1.165, 1.54) is 23.8 Å². The lowest BCUT2D eigenvalue weighted by Crippen LogP contribution is -2.71. The number of carbonyl (C=O) groups is 3. The number of hydrogen-bond acceptors (Lipinski definition) is 12. The van der Waals surface area contributed by atoms with E-state index in [0.29, 0.717) is 11.3 Å². The summed E-state index contributed by atoms with van der Waals surface area (Å²) in [6.07, 6.45) is 5.25. The number of aromatic nitrogens is 4. The first-order chi connectivity index (χ1) is 17.8. The highest BCUT2D eigenvalue weighted by Crippen LogP contribution is 2.40. The van der Waals surface area contributed by atoms with Gasteiger partial charge in [-0.05, 0) is 13.8 Å². The number of amides is 2. The quantitative estimate of drug-likeness (QED) is 0.146. The Kier molecular flexibility index (Phi) is 7.56. The van der Waals surface area contributed by atoms with Crippen molar-refractivity contribution in [1.29, 1.82) is 0 Å². The Hall–Kier alpha value is -4.21. The van der Waals surface area contributed by atoms with Crippen molar-refractivity contribution in [1.82, 2.24) is 25.3 Å². The number of carboxylic acid groups (broad SMARTS) is 1. The van der Waals surface area contributed by atoms with Crippen LogP contribution in [0.25, 0.3) is 0 Å². The SMILES string of the molecule is CCN(CC)c1c[n+](CC2=C(C(=O)O)N3C(=O)C(NC(=O)C(=NOC)c4noc(N)n4)[C@@H]3SC2)ccn1. The van der Waals surface area contributed by atoms with Gasteiger partial charge in [0.05, 0.1) is 6.20 Å². The predicted octanol–water partition coefficient (Wildman–Crippen LogP) is -1.03. The Morgan fingerprint density at radius 1 is 1.43 bits per heavy atom. The summed E-state index contributed by atoms with van der Waals surface area (Å²) in [5.41, 5.74) is 5.54. The van der Waals surface area contributed by atoms with E-state index in [-0.39, 0.29) is 29.8 Å². The van der Waals surface area contributed by atoms with Crippen LogP contribution in [0.15, 0.2) is 39.5 Å². The van der Waals surface area contributed by atoms with E-state index in [0.717, 1.165) is 18.9 Å². The van der Waals surface area contributed by atoms with E-state index in [2.05, 4.69) is 39.9 Å². The number of aliphatic carboxylic acids is 1. The number of nitrogens with one attached hydrogen (secondary N) is 1. The molecule has 0 aromatic carbocycles. The molecule has 196 valence electrons. The maximum Gasteiger partial charge on any atom is 0.352 e. The first kappa shape index (κ1) is 25.9. The number of thioether (sulfide) groups is 1. The van der Waals surface area contributed by atoms with Crippen LogP contribution in [0.5, 0.6) is 0 Å². The van der Waals surface area contributed by atoms with Gasteiger partial charge in [-0.25, -0.2) is 9.78 Å². The average Bonchev–Trinajstić information content (AvgIpc) is 3.32. The Balaban J connectivity index is 1.53. The number of β-lactam (4-membered cyclic amide) rings is 1. The molecule has 37 heavy (non-hydrogen) atoms. The van der Waals surface area contributed by atoms with Gasteiger partial charge in [0.15, 0.2) is 18.6 Å². The predicted molar refractivity (Wildman–Crippen MR) is 130 cm³/mol. The molecule has 1 unspecified atom stereocenters. The van der Waals surface area contributed by atoms with Gasteiger partial charge in [-0.1, -0.05) is 10.3 Å². The number of anilines is 2. The first-order valence-electron chi connectivity index (χ1n) is 11.3. The van der Waals surface area contributed by atoms with E-state index in [1.807, 2.05) is 24.6 Å². The van der Waals surface area contributed by atoms with Crippen molar-refractivity contribution in [2.45, 2.75) is 31.8 Å². The molecule has 4 N–H and O–H groups in total. The third-order valence-electron chi connectivity index (χ3n) is 5.79. The average molecular weight is 533 g/mol. The lowest BCUT2D eigenvalue weighted by molar-refractivity contribution is -0.688. The normalized spacial score (nSPS) is 19.3. The summed E-state index contributed by atoms with van der Waals surface area (Å²) in [7, 11) is 1.22. The van der Waals surface area contributed by atoms with Gasteiger partial charge in [0.25, 0.3) is 11.8 Å². The molecular formula is C21H26N9O6S+. The van der Waals surface area contributed by atoms with Crippen molar-refractivity contribution >= 4 is 47.1 Å². The molecule has 2 aromatic heterocycles. The fourth-order valence-electron chi connectivity index (χ4n) is 4.07. The summed E-state index contributed by atoms with van der Waals surface area (Å²) in [6.45, 7) is 5.87.